The van der Waals surface area contributed by atoms with E-state index in [0.717, 1.165) is 0 Å². The summed E-state index contributed by atoms with van der Waals surface area (Å²) >= 11 is 0. The van der Waals surface area contributed by atoms with Gasteiger partial charge < -0.3 is 14.8 Å². The standard InChI is InChI=1S/C14H18N2O3/c1-5-14(2,9-15)16-13(17)10-6-7-11(18-3)12(8-10)19-4/h6-8H,5H2,1-4H3,(H,16,17)/t14-/m1/s1. The second-order valence-corrected chi connectivity index (χ2v) is 4.32. The predicted octanol–water partition coefficient (Wildman–Crippen LogP) is 2.13. The maximum absolute atomic E-state index is 12.1. The van der Waals surface area contributed by atoms with E-state index in [1.54, 1.807) is 25.1 Å². The zero-order chi connectivity index (χ0) is 14.5. The van der Waals surface area contributed by atoms with Crippen molar-refractivity contribution >= 4 is 5.91 Å². The SMILES string of the molecule is CC[C@](C)(C#N)NC(=O)c1ccc(OC)c(OC)c1. The van der Waals surface area contributed by atoms with Gasteiger partial charge in [0.15, 0.2) is 11.5 Å². The summed E-state index contributed by atoms with van der Waals surface area (Å²) in [7, 11) is 3.03. The van der Waals surface area contributed by atoms with Crippen molar-refractivity contribution < 1.29 is 14.3 Å². The summed E-state index contributed by atoms with van der Waals surface area (Å²) in [5, 5.41) is 11.8. The number of ether oxygens (including phenoxy) is 2. The van der Waals surface area contributed by atoms with Crippen molar-refractivity contribution in [2.75, 3.05) is 14.2 Å². The molecule has 1 aromatic rings. The number of nitrogens with one attached hydrogen (secondary N) is 1. The molecular formula is C14H18N2O3. The molecule has 0 bridgehead atoms. The highest BCUT2D eigenvalue weighted by Crippen LogP contribution is 2.27. The second kappa shape index (κ2) is 6.10. The average Bonchev–Trinajstić information content (AvgIpc) is 2.46. The molecule has 0 aliphatic carbocycles. The normalized spacial score (nSPS) is 13.0. The van der Waals surface area contributed by atoms with E-state index >= 15 is 0 Å². The summed E-state index contributed by atoms with van der Waals surface area (Å²) in [4.78, 5) is 12.1. The molecule has 0 unspecified atom stereocenters. The third-order valence-electron chi connectivity index (χ3n) is 2.99. The van der Waals surface area contributed by atoms with Crippen LogP contribution in [0.1, 0.15) is 30.6 Å². The Morgan fingerprint density at radius 3 is 2.47 bits per heavy atom. The van der Waals surface area contributed by atoms with Crippen LogP contribution in [0.25, 0.3) is 0 Å². The van der Waals surface area contributed by atoms with Crippen molar-refractivity contribution in [3.05, 3.63) is 23.8 Å². The van der Waals surface area contributed by atoms with Gasteiger partial charge in [-0.1, -0.05) is 6.92 Å². The van der Waals surface area contributed by atoms with Crippen LogP contribution in [0.5, 0.6) is 11.5 Å². The van der Waals surface area contributed by atoms with Crippen LogP contribution in [0, 0.1) is 11.3 Å². The quantitative estimate of drug-likeness (QED) is 0.882. The highest BCUT2D eigenvalue weighted by Gasteiger charge is 2.24. The Balaban J connectivity index is 2.98. The molecule has 0 heterocycles. The first kappa shape index (κ1) is 14.8. The first-order valence-electron chi connectivity index (χ1n) is 5.95. The lowest BCUT2D eigenvalue weighted by molar-refractivity contribution is 0.0922. The van der Waals surface area contributed by atoms with Crippen LogP contribution < -0.4 is 14.8 Å². The molecule has 1 amide bonds. The lowest BCUT2D eigenvalue weighted by Crippen LogP contribution is -2.44. The van der Waals surface area contributed by atoms with Crippen LogP contribution in [-0.4, -0.2) is 25.7 Å². The summed E-state index contributed by atoms with van der Waals surface area (Å²) in [5.74, 6) is 0.717. The van der Waals surface area contributed by atoms with E-state index in [1.165, 1.54) is 14.2 Å². The summed E-state index contributed by atoms with van der Waals surface area (Å²) in [6.45, 7) is 3.53. The van der Waals surface area contributed by atoms with Crippen molar-refractivity contribution in [2.45, 2.75) is 25.8 Å². The van der Waals surface area contributed by atoms with E-state index in [9.17, 15) is 4.79 Å². The fourth-order valence-corrected chi connectivity index (χ4v) is 1.50. The van der Waals surface area contributed by atoms with Crippen LogP contribution in [0.4, 0.5) is 0 Å². The number of methoxy groups -OCH3 is 2. The number of rotatable bonds is 5. The predicted molar refractivity (Wildman–Crippen MR) is 71.3 cm³/mol. The van der Waals surface area contributed by atoms with E-state index in [2.05, 4.69) is 11.4 Å². The number of benzene rings is 1. The number of nitriles is 1. The highest BCUT2D eigenvalue weighted by atomic mass is 16.5. The molecule has 1 N–H and O–H groups in total. The van der Waals surface area contributed by atoms with Gasteiger partial charge in [-0.05, 0) is 31.5 Å². The van der Waals surface area contributed by atoms with Gasteiger partial charge in [0.1, 0.15) is 5.54 Å². The Morgan fingerprint density at radius 1 is 1.37 bits per heavy atom. The zero-order valence-electron chi connectivity index (χ0n) is 11.6. The molecule has 1 atom stereocenters. The summed E-state index contributed by atoms with van der Waals surface area (Å²) in [5.41, 5.74) is -0.447. The summed E-state index contributed by atoms with van der Waals surface area (Å²) in [6, 6.07) is 6.96. The van der Waals surface area contributed by atoms with Gasteiger partial charge >= 0.3 is 0 Å². The Kier molecular flexibility index (Phi) is 4.76. The smallest absolute Gasteiger partial charge is 0.252 e. The fraction of sp³-hybridized carbons (Fsp3) is 0.429. The van der Waals surface area contributed by atoms with Crippen molar-refractivity contribution in [1.29, 1.82) is 5.26 Å². The molecule has 0 fully saturated rings. The van der Waals surface area contributed by atoms with E-state index in [0.29, 0.717) is 23.5 Å². The third kappa shape index (κ3) is 3.38. The first-order chi connectivity index (χ1) is 8.99. The maximum Gasteiger partial charge on any atom is 0.252 e. The number of amides is 1. The summed E-state index contributed by atoms with van der Waals surface area (Å²) < 4.78 is 10.2. The van der Waals surface area contributed by atoms with E-state index in [4.69, 9.17) is 14.7 Å². The van der Waals surface area contributed by atoms with E-state index < -0.39 is 5.54 Å². The molecule has 1 rings (SSSR count). The molecule has 0 aromatic heterocycles. The average molecular weight is 262 g/mol. The molecule has 5 nitrogen and oxygen atoms in total. The first-order valence-corrected chi connectivity index (χ1v) is 5.95. The number of carbonyl (C=O) groups is 1. The minimum absolute atomic E-state index is 0.313. The molecule has 1 aromatic carbocycles. The maximum atomic E-state index is 12.1. The molecule has 0 saturated carbocycles. The zero-order valence-corrected chi connectivity index (χ0v) is 11.6. The summed E-state index contributed by atoms with van der Waals surface area (Å²) in [6.07, 6.45) is 0.530. The number of nitrogens with zero attached hydrogens (tertiary/aromatic N) is 1. The molecule has 0 spiro atoms. The van der Waals surface area contributed by atoms with Crippen molar-refractivity contribution in [3.63, 3.8) is 0 Å². The van der Waals surface area contributed by atoms with Gasteiger partial charge in [-0.15, -0.1) is 0 Å². The van der Waals surface area contributed by atoms with E-state index in [-0.39, 0.29) is 5.91 Å². The topological polar surface area (TPSA) is 71.4 Å². The molecular weight excluding hydrogens is 244 g/mol. The van der Waals surface area contributed by atoms with Gasteiger partial charge in [0.2, 0.25) is 0 Å². The third-order valence-corrected chi connectivity index (χ3v) is 2.99. The van der Waals surface area contributed by atoms with Gasteiger partial charge in [-0.25, -0.2) is 0 Å². The highest BCUT2D eigenvalue weighted by molar-refractivity contribution is 5.95. The Morgan fingerprint density at radius 2 is 2.00 bits per heavy atom. The van der Waals surface area contributed by atoms with Crippen LogP contribution in [0.2, 0.25) is 0 Å². The molecule has 5 heteroatoms. The Bertz CT molecular complexity index is 508. The van der Waals surface area contributed by atoms with Crippen LogP contribution in [-0.2, 0) is 0 Å². The van der Waals surface area contributed by atoms with Gasteiger partial charge in [0, 0.05) is 5.56 Å². The van der Waals surface area contributed by atoms with Crippen molar-refractivity contribution in [1.82, 2.24) is 5.32 Å². The van der Waals surface area contributed by atoms with Gasteiger partial charge in [-0.3, -0.25) is 4.79 Å². The lowest BCUT2D eigenvalue weighted by atomic mass is 10.0. The van der Waals surface area contributed by atoms with Crippen LogP contribution in [0.3, 0.4) is 0 Å². The Hall–Kier alpha value is -2.22. The van der Waals surface area contributed by atoms with E-state index in [1.807, 2.05) is 6.92 Å². The van der Waals surface area contributed by atoms with Crippen molar-refractivity contribution in [3.8, 4) is 17.6 Å². The van der Waals surface area contributed by atoms with Crippen molar-refractivity contribution in [2.24, 2.45) is 0 Å². The second-order valence-electron chi connectivity index (χ2n) is 4.32. The largest absolute Gasteiger partial charge is 0.493 e. The molecule has 102 valence electrons. The monoisotopic (exact) mass is 262 g/mol. The molecule has 0 aliphatic rings. The molecule has 0 aliphatic heterocycles. The van der Waals surface area contributed by atoms with Gasteiger partial charge in [0.05, 0.1) is 20.3 Å². The number of carbonyl (C=O) groups excluding carboxylic acids is 1. The molecule has 0 radical (unpaired) electrons. The lowest BCUT2D eigenvalue weighted by Gasteiger charge is -2.21. The minimum atomic E-state index is -0.871. The molecule has 19 heavy (non-hydrogen) atoms. The Labute approximate surface area is 113 Å². The molecule has 0 saturated heterocycles. The number of hydrogen-bond acceptors (Lipinski definition) is 4. The number of hydrogen-bond donors (Lipinski definition) is 1. The minimum Gasteiger partial charge on any atom is -0.493 e. The van der Waals surface area contributed by atoms with Gasteiger partial charge in [-0.2, -0.15) is 5.26 Å². The van der Waals surface area contributed by atoms with Crippen LogP contribution in [0.15, 0.2) is 18.2 Å². The fourth-order valence-electron chi connectivity index (χ4n) is 1.50. The van der Waals surface area contributed by atoms with Gasteiger partial charge in [0.25, 0.3) is 5.91 Å². The van der Waals surface area contributed by atoms with Crippen LogP contribution >= 0.6 is 0 Å².